The summed E-state index contributed by atoms with van der Waals surface area (Å²) >= 11 is 0. The van der Waals surface area contributed by atoms with Gasteiger partial charge in [0.25, 0.3) is 0 Å². The van der Waals surface area contributed by atoms with E-state index < -0.39 is 5.41 Å². The number of rotatable bonds is 6. The minimum atomic E-state index is -0.755. The summed E-state index contributed by atoms with van der Waals surface area (Å²) in [6, 6.07) is 43.3. The zero-order valence-electron chi connectivity index (χ0n) is 23.1. The average Bonchev–Trinajstić information content (AvgIpc) is 3.02. The van der Waals surface area contributed by atoms with E-state index in [-0.39, 0.29) is 23.0 Å². The van der Waals surface area contributed by atoms with Gasteiger partial charge in [0.1, 0.15) is 23.0 Å². The zero-order valence-corrected chi connectivity index (χ0v) is 23.1. The molecule has 6 rings (SSSR count). The van der Waals surface area contributed by atoms with Crippen LogP contribution in [-0.4, -0.2) is 20.4 Å². The van der Waals surface area contributed by atoms with Crippen LogP contribution < -0.4 is 0 Å². The van der Waals surface area contributed by atoms with Gasteiger partial charge in [0.05, 0.1) is 0 Å². The fourth-order valence-electron chi connectivity index (χ4n) is 5.65. The molecule has 4 heteroatoms. The second kappa shape index (κ2) is 10.8. The Balaban J connectivity index is 1.58. The Hall–Kier alpha value is -5.48. The van der Waals surface area contributed by atoms with Crippen molar-refractivity contribution in [1.29, 1.82) is 0 Å². The highest BCUT2D eigenvalue weighted by Crippen LogP contribution is 2.46. The maximum absolute atomic E-state index is 10.9. The van der Waals surface area contributed by atoms with Crippen molar-refractivity contribution in [3.63, 3.8) is 0 Å². The van der Waals surface area contributed by atoms with E-state index in [4.69, 9.17) is 0 Å². The lowest BCUT2D eigenvalue weighted by molar-refractivity contribution is 0.468. The molecule has 4 nitrogen and oxygen atoms in total. The molecule has 0 aliphatic carbocycles. The number of para-hydroxylation sites is 2. The van der Waals surface area contributed by atoms with Gasteiger partial charge in [-0.05, 0) is 71.1 Å². The Morgan fingerprint density at radius 1 is 0.357 bits per heavy atom. The molecule has 0 atom stereocenters. The highest BCUT2D eigenvalue weighted by molar-refractivity contribution is 5.79. The summed E-state index contributed by atoms with van der Waals surface area (Å²) < 4.78 is 0. The van der Waals surface area contributed by atoms with E-state index in [9.17, 15) is 20.4 Å². The molecule has 0 heterocycles. The van der Waals surface area contributed by atoms with E-state index in [1.165, 1.54) is 0 Å². The third-order valence-corrected chi connectivity index (χ3v) is 8.11. The van der Waals surface area contributed by atoms with Gasteiger partial charge < -0.3 is 20.4 Å². The number of hydrogen-bond acceptors (Lipinski definition) is 4. The van der Waals surface area contributed by atoms with Crippen molar-refractivity contribution in [2.75, 3.05) is 0 Å². The minimum absolute atomic E-state index is 0.0580. The SMILES string of the molecule is CC(c1ccc(-c2ccccc2)cc1)(c1ccc(O)c(-c2ccccc2O)c1)c1ccc(O)c(-c2ccccc2O)c1. The molecule has 0 saturated carbocycles. The van der Waals surface area contributed by atoms with E-state index in [2.05, 4.69) is 43.3 Å². The van der Waals surface area contributed by atoms with Crippen LogP contribution in [-0.2, 0) is 5.41 Å². The van der Waals surface area contributed by atoms with Crippen LogP contribution in [0.5, 0.6) is 23.0 Å². The van der Waals surface area contributed by atoms with E-state index in [1.807, 2.05) is 54.6 Å². The summed E-state index contributed by atoms with van der Waals surface area (Å²) in [4.78, 5) is 0. The van der Waals surface area contributed by atoms with Gasteiger partial charge in [-0.2, -0.15) is 0 Å². The van der Waals surface area contributed by atoms with E-state index >= 15 is 0 Å². The van der Waals surface area contributed by atoms with Crippen LogP contribution >= 0.6 is 0 Å². The van der Waals surface area contributed by atoms with Crippen LogP contribution in [0.25, 0.3) is 33.4 Å². The monoisotopic (exact) mass is 550 g/mol. The predicted molar refractivity (Wildman–Crippen MR) is 168 cm³/mol. The van der Waals surface area contributed by atoms with Gasteiger partial charge in [-0.15, -0.1) is 0 Å². The minimum Gasteiger partial charge on any atom is -0.507 e. The van der Waals surface area contributed by atoms with Crippen LogP contribution in [0.4, 0.5) is 0 Å². The van der Waals surface area contributed by atoms with Gasteiger partial charge in [0.15, 0.2) is 0 Å². The fraction of sp³-hybridized carbons (Fsp3) is 0.0526. The second-order valence-electron chi connectivity index (χ2n) is 10.6. The summed E-state index contributed by atoms with van der Waals surface area (Å²) in [6.07, 6.45) is 0. The van der Waals surface area contributed by atoms with Crippen molar-refractivity contribution in [2.45, 2.75) is 12.3 Å². The zero-order chi connectivity index (χ0) is 29.3. The second-order valence-corrected chi connectivity index (χ2v) is 10.6. The maximum Gasteiger partial charge on any atom is 0.123 e. The number of hydrogen-bond donors (Lipinski definition) is 4. The predicted octanol–water partition coefficient (Wildman–Crippen LogP) is 8.86. The first-order valence-electron chi connectivity index (χ1n) is 13.8. The molecular formula is C38H30O4. The molecule has 0 unspecified atom stereocenters. The first kappa shape index (κ1) is 26.7. The molecule has 0 amide bonds. The molecule has 6 aromatic carbocycles. The molecule has 206 valence electrons. The van der Waals surface area contributed by atoms with Crippen LogP contribution in [0, 0.1) is 0 Å². The molecular weight excluding hydrogens is 520 g/mol. The summed E-state index contributed by atoms with van der Waals surface area (Å²) in [5.41, 5.74) is 6.26. The van der Waals surface area contributed by atoms with Gasteiger partial charge >= 0.3 is 0 Å². The topological polar surface area (TPSA) is 80.9 Å². The van der Waals surface area contributed by atoms with E-state index in [1.54, 1.807) is 48.5 Å². The molecule has 0 aliphatic heterocycles. The largest absolute Gasteiger partial charge is 0.507 e. The number of phenols is 4. The number of benzene rings is 6. The maximum atomic E-state index is 10.9. The fourth-order valence-corrected chi connectivity index (χ4v) is 5.65. The van der Waals surface area contributed by atoms with Crippen LogP contribution in [0.2, 0.25) is 0 Å². The molecule has 0 fully saturated rings. The lowest BCUT2D eigenvalue weighted by atomic mass is 9.70. The molecule has 42 heavy (non-hydrogen) atoms. The standard InChI is InChI=1S/C38H30O4/c1-38(27-17-15-26(16-18-27)25-9-3-2-4-10-25,28-19-21-36(41)32(23-28)30-11-5-7-13-34(30)39)29-20-22-37(42)33(24-29)31-12-6-8-14-35(31)40/h2-24,39-42H,1H3. The summed E-state index contributed by atoms with van der Waals surface area (Å²) in [6.45, 7) is 2.10. The van der Waals surface area contributed by atoms with Crippen molar-refractivity contribution < 1.29 is 20.4 Å². The Morgan fingerprint density at radius 2 is 0.738 bits per heavy atom. The molecule has 4 N–H and O–H groups in total. The Labute approximate surface area is 245 Å². The summed E-state index contributed by atoms with van der Waals surface area (Å²) in [7, 11) is 0. The molecule has 6 aromatic rings. The van der Waals surface area contributed by atoms with Crippen molar-refractivity contribution in [2.24, 2.45) is 0 Å². The molecule has 0 aromatic heterocycles. The van der Waals surface area contributed by atoms with Crippen molar-refractivity contribution >= 4 is 0 Å². The first-order chi connectivity index (χ1) is 20.4. The van der Waals surface area contributed by atoms with Gasteiger partial charge in [-0.3, -0.25) is 0 Å². The summed E-state index contributed by atoms with van der Waals surface area (Å²) in [5.74, 6) is 0.265. The Morgan fingerprint density at radius 3 is 1.21 bits per heavy atom. The molecule has 0 bridgehead atoms. The smallest absolute Gasteiger partial charge is 0.123 e. The third kappa shape index (κ3) is 4.73. The molecule has 0 saturated heterocycles. The van der Waals surface area contributed by atoms with Crippen molar-refractivity contribution in [1.82, 2.24) is 0 Å². The number of aromatic hydroxyl groups is 4. The van der Waals surface area contributed by atoms with E-state index in [0.717, 1.165) is 27.8 Å². The normalized spacial score (nSPS) is 11.4. The highest BCUT2D eigenvalue weighted by atomic mass is 16.3. The van der Waals surface area contributed by atoms with E-state index in [0.29, 0.717) is 22.3 Å². The molecule has 0 aliphatic rings. The van der Waals surface area contributed by atoms with Gasteiger partial charge in [0, 0.05) is 27.7 Å². The van der Waals surface area contributed by atoms with Crippen molar-refractivity contribution in [3.05, 3.63) is 156 Å². The van der Waals surface area contributed by atoms with Gasteiger partial charge in [-0.1, -0.05) is 103 Å². The lowest BCUT2D eigenvalue weighted by Crippen LogP contribution is -2.25. The Bertz CT molecular complexity index is 1780. The van der Waals surface area contributed by atoms with Gasteiger partial charge in [-0.25, -0.2) is 0 Å². The lowest BCUT2D eigenvalue weighted by Gasteiger charge is -2.33. The van der Waals surface area contributed by atoms with Crippen LogP contribution in [0.1, 0.15) is 23.6 Å². The molecule has 0 radical (unpaired) electrons. The van der Waals surface area contributed by atoms with Gasteiger partial charge in [0.2, 0.25) is 0 Å². The number of phenolic OH excluding ortho intramolecular Hbond substituents is 4. The average molecular weight is 551 g/mol. The third-order valence-electron chi connectivity index (χ3n) is 8.11. The first-order valence-corrected chi connectivity index (χ1v) is 13.8. The quantitative estimate of drug-likeness (QED) is 0.156. The Kier molecular flexibility index (Phi) is 6.89. The molecule has 0 spiro atoms. The van der Waals surface area contributed by atoms with Crippen LogP contribution in [0.15, 0.2) is 140 Å². The van der Waals surface area contributed by atoms with Crippen LogP contribution in [0.3, 0.4) is 0 Å². The van der Waals surface area contributed by atoms with Crippen molar-refractivity contribution in [3.8, 4) is 56.4 Å². The summed E-state index contributed by atoms with van der Waals surface area (Å²) in [5, 5.41) is 43.0. The highest BCUT2D eigenvalue weighted by Gasteiger charge is 2.33.